The Morgan fingerprint density at radius 1 is 1.55 bits per heavy atom. The number of nitrogens with zero attached hydrogens (tertiary/aromatic N) is 2. The summed E-state index contributed by atoms with van der Waals surface area (Å²) in [6, 6.07) is 0.448. The lowest BCUT2D eigenvalue weighted by molar-refractivity contribution is -0.153. The van der Waals surface area contributed by atoms with Gasteiger partial charge in [-0.1, -0.05) is 0 Å². The third-order valence-corrected chi connectivity index (χ3v) is 3.94. The van der Waals surface area contributed by atoms with Gasteiger partial charge in [-0.05, 0) is 19.8 Å². The fourth-order valence-electron chi connectivity index (χ4n) is 2.79. The van der Waals surface area contributed by atoms with Crippen LogP contribution >= 0.6 is 11.6 Å². The van der Waals surface area contributed by atoms with Crippen LogP contribution in [0.1, 0.15) is 26.2 Å². The highest BCUT2D eigenvalue weighted by molar-refractivity contribution is 6.27. The zero-order valence-electron chi connectivity index (χ0n) is 12.1. The van der Waals surface area contributed by atoms with Gasteiger partial charge in [-0.3, -0.25) is 14.5 Å². The van der Waals surface area contributed by atoms with Crippen LogP contribution < -0.4 is 5.32 Å². The second-order valence-corrected chi connectivity index (χ2v) is 5.28. The SMILES string of the molecule is CCOC(=O)[C@@H]1CCC2=C(C#N)CC(NC(=O)CCl)C(=O)N21. The zero-order valence-corrected chi connectivity index (χ0v) is 12.9. The molecule has 2 amide bonds. The zero-order chi connectivity index (χ0) is 16.3. The highest BCUT2D eigenvalue weighted by Gasteiger charge is 2.45. The molecule has 0 aromatic heterocycles. The van der Waals surface area contributed by atoms with Crippen LogP contribution in [0.25, 0.3) is 0 Å². The average molecular weight is 326 g/mol. The summed E-state index contributed by atoms with van der Waals surface area (Å²) in [5.41, 5.74) is 0.966. The van der Waals surface area contributed by atoms with Gasteiger partial charge in [-0.2, -0.15) is 5.26 Å². The molecule has 2 aliphatic heterocycles. The first-order valence-corrected chi connectivity index (χ1v) is 7.54. The average Bonchev–Trinajstić information content (AvgIpc) is 2.95. The molecular weight excluding hydrogens is 310 g/mol. The van der Waals surface area contributed by atoms with Gasteiger partial charge in [-0.25, -0.2) is 4.79 Å². The normalized spacial score (nSPS) is 23.9. The maximum absolute atomic E-state index is 12.6. The molecule has 7 nitrogen and oxygen atoms in total. The van der Waals surface area contributed by atoms with E-state index < -0.39 is 29.9 Å². The first-order chi connectivity index (χ1) is 10.5. The number of hydrogen-bond acceptors (Lipinski definition) is 5. The number of halogens is 1. The number of allylic oxidation sites excluding steroid dienone is 1. The van der Waals surface area contributed by atoms with Crippen LogP contribution in [-0.2, 0) is 19.1 Å². The topological polar surface area (TPSA) is 99.5 Å². The highest BCUT2D eigenvalue weighted by atomic mass is 35.5. The number of carbonyl (C=O) groups is 3. The summed E-state index contributed by atoms with van der Waals surface area (Å²) in [4.78, 5) is 37.3. The summed E-state index contributed by atoms with van der Waals surface area (Å²) in [5.74, 6) is -1.66. The largest absolute Gasteiger partial charge is 0.464 e. The Balaban J connectivity index is 2.30. The summed E-state index contributed by atoms with van der Waals surface area (Å²) in [6.45, 7) is 1.90. The number of ether oxygens (including phenoxy) is 1. The van der Waals surface area contributed by atoms with Crippen molar-refractivity contribution in [2.45, 2.75) is 38.3 Å². The molecule has 22 heavy (non-hydrogen) atoms. The van der Waals surface area contributed by atoms with Gasteiger partial charge in [0.15, 0.2) is 0 Å². The smallest absolute Gasteiger partial charge is 0.329 e. The number of rotatable bonds is 4. The molecule has 2 atom stereocenters. The van der Waals surface area contributed by atoms with E-state index in [1.54, 1.807) is 6.92 Å². The second-order valence-electron chi connectivity index (χ2n) is 5.01. The van der Waals surface area contributed by atoms with E-state index in [1.807, 2.05) is 0 Å². The number of esters is 1. The van der Waals surface area contributed by atoms with Gasteiger partial charge in [0.2, 0.25) is 5.91 Å². The van der Waals surface area contributed by atoms with Gasteiger partial charge in [0, 0.05) is 12.1 Å². The van der Waals surface area contributed by atoms with Crippen molar-refractivity contribution in [3.05, 3.63) is 11.3 Å². The lowest BCUT2D eigenvalue weighted by Crippen LogP contribution is -2.54. The van der Waals surface area contributed by atoms with E-state index in [0.717, 1.165) is 0 Å². The molecule has 118 valence electrons. The first kappa shape index (κ1) is 16.3. The van der Waals surface area contributed by atoms with Crippen LogP contribution in [0, 0.1) is 11.3 Å². The van der Waals surface area contributed by atoms with Gasteiger partial charge in [0.25, 0.3) is 5.91 Å². The molecule has 0 saturated carbocycles. The maximum Gasteiger partial charge on any atom is 0.329 e. The van der Waals surface area contributed by atoms with Crippen molar-refractivity contribution in [3.8, 4) is 6.07 Å². The predicted octanol–water partition coefficient (Wildman–Crippen LogP) is 0.445. The van der Waals surface area contributed by atoms with Crippen LogP contribution in [0.3, 0.4) is 0 Å². The van der Waals surface area contributed by atoms with Gasteiger partial charge in [0.1, 0.15) is 18.0 Å². The number of nitrogens with one attached hydrogen (secondary N) is 1. The molecule has 2 heterocycles. The summed E-state index contributed by atoms with van der Waals surface area (Å²) in [6.07, 6.45) is 1.01. The molecule has 1 unspecified atom stereocenters. The molecule has 8 heteroatoms. The Bertz CT molecular complexity index is 581. The van der Waals surface area contributed by atoms with Crippen molar-refractivity contribution in [3.63, 3.8) is 0 Å². The Kier molecular flexibility index (Phi) is 5.03. The standard InChI is InChI=1S/C14H16ClN3O4/c1-2-22-14(21)11-4-3-10-8(7-16)5-9(13(20)18(10)11)17-12(19)6-15/h9,11H,2-6H2,1H3,(H,17,19)/t9?,11-/m0/s1. The quantitative estimate of drug-likeness (QED) is 0.597. The van der Waals surface area contributed by atoms with Crippen LogP contribution in [0.15, 0.2) is 11.3 Å². The molecule has 1 fully saturated rings. The molecule has 0 spiro atoms. The Hall–Kier alpha value is -2.07. The monoisotopic (exact) mass is 325 g/mol. The third-order valence-electron chi connectivity index (χ3n) is 3.70. The van der Waals surface area contributed by atoms with E-state index in [2.05, 4.69) is 11.4 Å². The number of nitriles is 1. The van der Waals surface area contributed by atoms with Gasteiger partial charge >= 0.3 is 5.97 Å². The molecule has 1 N–H and O–H groups in total. The lowest BCUT2D eigenvalue weighted by Gasteiger charge is -2.33. The number of alkyl halides is 1. The molecular formula is C14H16ClN3O4. The molecule has 1 saturated heterocycles. The Morgan fingerprint density at radius 2 is 2.27 bits per heavy atom. The van der Waals surface area contributed by atoms with E-state index in [-0.39, 0.29) is 18.9 Å². The van der Waals surface area contributed by atoms with Gasteiger partial charge in [-0.15, -0.1) is 11.6 Å². The second kappa shape index (κ2) is 6.79. The summed E-state index contributed by atoms with van der Waals surface area (Å²) in [7, 11) is 0. The fourth-order valence-corrected chi connectivity index (χ4v) is 2.87. The van der Waals surface area contributed by atoms with Crippen molar-refractivity contribution in [1.82, 2.24) is 10.2 Å². The highest BCUT2D eigenvalue weighted by Crippen LogP contribution is 2.36. The van der Waals surface area contributed by atoms with Crippen LogP contribution in [0.5, 0.6) is 0 Å². The number of amides is 2. The molecule has 2 aliphatic rings. The fraction of sp³-hybridized carbons (Fsp3) is 0.571. The van der Waals surface area contributed by atoms with Crippen molar-refractivity contribution in [2.24, 2.45) is 0 Å². The molecule has 0 radical (unpaired) electrons. The van der Waals surface area contributed by atoms with Crippen LogP contribution in [0.2, 0.25) is 0 Å². The van der Waals surface area contributed by atoms with Crippen molar-refractivity contribution < 1.29 is 19.1 Å². The van der Waals surface area contributed by atoms with E-state index >= 15 is 0 Å². The van der Waals surface area contributed by atoms with Crippen molar-refractivity contribution in [1.29, 1.82) is 5.26 Å². The van der Waals surface area contributed by atoms with Gasteiger partial charge in [0.05, 0.1) is 18.2 Å². The molecule has 0 aliphatic carbocycles. The minimum absolute atomic E-state index is 0.124. The minimum Gasteiger partial charge on any atom is -0.464 e. The summed E-state index contributed by atoms with van der Waals surface area (Å²) < 4.78 is 4.98. The third kappa shape index (κ3) is 2.92. The van der Waals surface area contributed by atoms with E-state index in [4.69, 9.17) is 16.3 Å². The van der Waals surface area contributed by atoms with Crippen molar-refractivity contribution >= 4 is 29.4 Å². The molecule has 0 bridgehead atoms. The predicted molar refractivity (Wildman–Crippen MR) is 76.4 cm³/mol. The molecule has 0 aromatic carbocycles. The maximum atomic E-state index is 12.6. The summed E-state index contributed by atoms with van der Waals surface area (Å²) >= 11 is 5.43. The number of carbonyl (C=O) groups excluding carboxylic acids is 3. The minimum atomic E-state index is -0.875. The van der Waals surface area contributed by atoms with Crippen LogP contribution in [0.4, 0.5) is 0 Å². The molecule has 0 aromatic rings. The Morgan fingerprint density at radius 3 is 2.86 bits per heavy atom. The van der Waals surface area contributed by atoms with Crippen molar-refractivity contribution in [2.75, 3.05) is 12.5 Å². The molecule has 2 rings (SSSR count). The van der Waals surface area contributed by atoms with Crippen LogP contribution in [-0.4, -0.2) is 47.3 Å². The number of fused-ring (bicyclic) bond motifs is 1. The lowest BCUT2D eigenvalue weighted by atomic mass is 9.98. The number of hydrogen-bond donors (Lipinski definition) is 1. The van der Waals surface area contributed by atoms with E-state index in [9.17, 15) is 19.6 Å². The van der Waals surface area contributed by atoms with Gasteiger partial charge < -0.3 is 10.1 Å². The first-order valence-electron chi connectivity index (χ1n) is 7.00. The van der Waals surface area contributed by atoms with E-state index in [1.165, 1.54) is 4.90 Å². The van der Waals surface area contributed by atoms with E-state index in [0.29, 0.717) is 24.1 Å². The Labute approximate surface area is 132 Å². The summed E-state index contributed by atoms with van der Waals surface area (Å²) in [5, 5.41) is 11.7.